The van der Waals surface area contributed by atoms with Crippen molar-refractivity contribution in [1.82, 2.24) is 10.3 Å². The SMILES string of the molecule is O=C(NC(C(=O)Nc1ccccn1)C12CC3CC(CC(C3)C1)C2)c1ccc(F)cc1. The maximum atomic E-state index is 13.4. The number of amides is 2. The number of anilines is 1. The summed E-state index contributed by atoms with van der Waals surface area (Å²) in [5, 5.41) is 5.94. The molecule has 1 aromatic carbocycles. The van der Waals surface area contributed by atoms with Crippen molar-refractivity contribution in [2.45, 2.75) is 44.6 Å². The standard InChI is InChI=1S/C24H26FN3O2/c25-19-6-4-18(5-7-19)22(29)28-21(23(30)27-20-3-1-2-8-26-20)24-12-15-9-16(13-24)11-17(10-15)14-24/h1-8,15-17,21H,9-14H2,(H,28,29)(H,26,27,30). The Morgan fingerprint density at radius 1 is 0.967 bits per heavy atom. The normalized spacial score (nSPS) is 30.0. The molecule has 6 heteroatoms. The summed E-state index contributed by atoms with van der Waals surface area (Å²) in [6.45, 7) is 0. The zero-order valence-electron chi connectivity index (χ0n) is 16.8. The molecule has 0 spiro atoms. The van der Waals surface area contributed by atoms with E-state index in [1.54, 1.807) is 18.3 Å². The van der Waals surface area contributed by atoms with Gasteiger partial charge in [-0.15, -0.1) is 0 Å². The fraction of sp³-hybridized carbons (Fsp3) is 0.458. The molecule has 0 saturated heterocycles. The number of halogens is 1. The molecule has 2 N–H and O–H groups in total. The van der Waals surface area contributed by atoms with Crippen LogP contribution in [0.2, 0.25) is 0 Å². The van der Waals surface area contributed by atoms with Crippen molar-refractivity contribution in [2.24, 2.45) is 23.2 Å². The number of pyridine rings is 1. The van der Waals surface area contributed by atoms with Gasteiger partial charge in [-0.05, 0) is 92.7 Å². The van der Waals surface area contributed by atoms with Gasteiger partial charge in [-0.25, -0.2) is 9.37 Å². The highest BCUT2D eigenvalue weighted by atomic mass is 19.1. The van der Waals surface area contributed by atoms with Crippen LogP contribution in [0.5, 0.6) is 0 Å². The molecule has 6 rings (SSSR count). The molecule has 4 bridgehead atoms. The van der Waals surface area contributed by atoms with Gasteiger partial charge >= 0.3 is 0 Å². The highest BCUT2D eigenvalue weighted by Gasteiger charge is 2.56. The van der Waals surface area contributed by atoms with Gasteiger partial charge in [-0.3, -0.25) is 9.59 Å². The van der Waals surface area contributed by atoms with Crippen LogP contribution in [-0.2, 0) is 4.79 Å². The fourth-order valence-electron chi connectivity index (χ4n) is 6.48. The van der Waals surface area contributed by atoms with E-state index < -0.39 is 11.9 Å². The van der Waals surface area contributed by atoms with Crippen molar-refractivity contribution in [3.8, 4) is 0 Å². The molecule has 4 aliphatic carbocycles. The molecular formula is C24H26FN3O2. The van der Waals surface area contributed by atoms with E-state index in [2.05, 4.69) is 15.6 Å². The maximum Gasteiger partial charge on any atom is 0.251 e. The predicted molar refractivity (Wildman–Crippen MR) is 111 cm³/mol. The molecular weight excluding hydrogens is 381 g/mol. The number of benzene rings is 1. The Balaban J connectivity index is 1.44. The number of nitrogens with zero attached hydrogens (tertiary/aromatic N) is 1. The van der Waals surface area contributed by atoms with Crippen LogP contribution in [0, 0.1) is 29.0 Å². The Labute approximate surface area is 175 Å². The van der Waals surface area contributed by atoms with Crippen molar-refractivity contribution in [1.29, 1.82) is 0 Å². The summed E-state index contributed by atoms with van der Waals surface area (Å²) in [7, 11) is 0. The molecule has 30 heavy (non-hydrogen) atoms. The van der Waals surface area contributed by atoms with Gasteiger partial charge in [0.25, 0.3) is 5.91 Å². The Bertz CT molecular complexity index is 909. The summed E-state index contributed by atoms with van der Waals surface area (Å²) < 4.78 is 13.3. The van der Waals surface area contributed by atoms with E-state index in [1.807, 2.05) is 6.07 Å². The second-order valence-electron chi connectivity index (χ2n) is 9.40. The highest BCUT2D eigenvalue weighted by molar-refractivity contribution is 6.01. The molecule has 0 aliphatic heterocycles. The van der Waals surface area contributed by atoms with Crippen LogP contribution in [0.25, 0.3) is 0 Å². The first-order valence-corrected chi connectivity index (χ1v) is 10.8. The zero-order chi connectivity index (χ0) is 20.7. The van der Waals surface area contributed by atoms with Gasteiger partial charge < -0.3 is 10.6 Å². The minimum Gasteiger partial charge on any atom is -0.340 e. The monoisotopic (exact) mass is 407 g/mol. The summed E-state index contributed by atoms with van der Waals surface area (Å²) in [5.74, 6) is 1.46. The third kappa shape index (κ3) is 3.59. The summed E-state index contributed by atoms with van der Waals surface area (Å²) in [6, 6.07) is 10.2. The van der Waals surface area contributed by atoms with E-state index in [1.165, 1.54) is 43.5 Å². The molecule has 5 nitrogen and oxygen atoms in total. The van der Waals surface area contributed by atoms with Gasteiger partial charge in [0, 0.05) is 17.2 Å². The van der Waals surface area contributed by atoms with Crippen LogP contribution < -0.4 is 10.6 Å². The molecule has 4 aliphatic rings. The predicted octanol–water partition coefficient (Wildman–Crippen LogP) is 4.17. The van der Waals surface area contributed by atoms with Crippen molar-refractivity contribution >= 4 is 17.6 Å². The molecule has 4 fully saturated rings. The van der Waals surface area contributed by atoms with E-state index in [4.69, 9.17) is 0 Å². The Kier molecular flexibility index (Phi) is 4.80. The minimum absolute atomic E-state index is 0.217. The lowest BCUT2D eigenvalue weighted by Gasteiger charge is -2.58. The third-order valence-corrected chi connectivity index (χ3v) is 7.26. The van der Waals surface area contributed by atoms with E-state index >= 15 is 0 Å². The number of nitrogens with one attached hydrogen (secondary N) is 2. The Morgan fingerprint density at radius 3 is 2.17 bits per heavy atom. The number of rotatable bonds is 5. The average Bonchev–Trinajstić information content (AvgIpc) is 2.72. The largest absolute Gasteiger partial charge is 0.340 e. The maximum absolute atomic E-state index is 13.4. The molecule has 4 saturated carbocycles. The highest BCUT2D eigenvalue weighted by Crippen LogP contribution is 2.61. The molecule has 1 aromatic heterocycles. The van der Waals surface area contributed by atoms with Gasteiger partial charge in [-0.1, -0.05) is 6.07 Å². The van der Waals surface area contributed by atoms with Crippen LogP contribution in [0.4, 0.5) is 10.2 Å². The van der Waals surface area contributed by atoms with Gasteiger partial charge in [0.1, 0.15) is 17.7 Å². The number of carbonyl (C=O) groups excluding carboxylic acids is 2. The molecule has 2 aromatic rings. The van der Waals surface area contributed by atoms with Crippen LogP contribution >= 0.6 is 0 Å². The first-order valence-electron chi connectivity index (χ1n) is 10.8. The summed E-state index contributed by atoms with van der Waals surface area (Å²) in [4.78, 5) is 30.6. The van der Waals surface area contributed by atoms with Crippen molar-refractivity contribution in [2.75, 3.05) is 5.32 Å². The first-order chi connectivity index (χ1) is 14.5. The van der Waals surface area contributed by atoms with E-state index in [0.29, 0.717) is 29.1 Å². The average molecular weight is 407 g/mol. The molecule has 2 amide bonds. The number of aromatic nitrogens is 1. The van der Waals surface area contributed by atoms with Gasteiger partial charge in [0.15, 0.2) is 0 Å². The molecule has 1 atom stereocenters. The van der Waals surface area contributed by atoms with E-state index in [0.717, 1.165) is 19.3 Å². The third-order valence-electron chi connectivity index (χ3n) is 7.26. The second-order valence-corrected chi connectivity index (χ2v) is 9.40. The molecule has 156 valence electrons. The minimum atomic E-state index is -0.634. The van der Waals surface area contributed by atoms with Crippen molar-refractivity contribution in [3.63, 3.8) is 0 Å². The Morgan fingerprint density at radius 2 is 1.60 bits per heavy atom. The van der Waals surface area contributed by atoms with Crippen LogP contribution in [-0.4, -0.2) is 22.8 Å². The summed E-state index contributed by atoms with van der Waals surface area (Å²) in [5.41, 5.74) is 0.139. The summed E-state index contributed by atoms with van der Waals surface area (Å²) in [6.07, 6.45) is 8.31. The molecule has 1 heterocycles. The quantitative estimate of drug-likeness (QED) is 0.781. The number of hydrogen-bond acceptors (Lipinski definition) is 3. The van der Waals surface area contributed by atoms with E-state index in [-0.39, 0.29) is 17.2 Å². The number of carbonyl (C=O) groups is 2. The lowest BCUT2D eigenvalue weighted by atomic mass is 9.47. The Hall–Kier alpha value is -2.76. The fourth-order valence-corrected chi connectivity index (χ4v) is 6.48. The molecule has 0 radical (unpaired) electrons. The summed E-state index contributed by atoms with van der Waals surface area (Å²) >= 11 is 0. The van der Waals surface area contributed by atoms with Crippen molar-refractivity contribution < 1.29 is 14.0 Å². The van der Waals surface area contributed by atoms with Crippen molar-refractivity contribution in [3.05, 3.63) is 60.0 Å². The van der Waals surface area contributed by atoms with Gasteiger partial charge in [0.2, 0.25) is 5.91 Å². The smallest absolute Gasteiger partial charge is 0.251 e. The lowest BCUT2D eigenvalue weighted by Crippen LogP contribution is -2.61. The van der Waals surface area contributed by atoms with Gasteiger partial charge in [-0.2, -0.15) is 0 Å². The first kappa shape index (κ1) is 19.2. The lowest BCUT2D eigenvalue weighted by molar-refractivity contribution is -0.129. The second kappa shape index (κ2) is 7.49. The topological polar surface area (TPSA) is 71.1 Å². The van der Waals surface area contributed by atoms with Crippen LogP contribution in [0.1, 0.15) is 48.9 Å². The van der Waals surface area contributed by atoms with Crippen LogP contribution in [0.15, 0.2) is 48.7 Å². The van der Waals surface area contributed by atoms with Gasteiger partial charge in [0.05, 0.1) is 0 Å². The molecule has 1 unspecified atom stereocenters. The number of hydrogen-bond donors (Lipinski definition) is 2. The van der Waals surface area contributed by atoms with E-state index in [9.17, 15) is 14.0 Å². The van der Waals surface area contributed by atoms with Crippen LogP contribution in [0.3, 0.4) is 0 Å². The zero-order valence-corrected chi connectivity index (χ0v) is 16.8.